The van der Waals surface area contributed by atoms with Crippen molar-refractivity contribution >= 4 is 6.29 Å². The van der Waals surface area contributed by atoms with Gasteiger partial charge >= 0.3 is 0 Å². The van der Waals surface area contributed by atoms with Crippen LogP contribution in [0, 0.1) is 0 Å². The Kier molecular flexibility index (Phi) is 6.09. The van der Waals surface area contributed by atoms with Crippen LogP contribution in [0.25, 0.3) is 0 Å². The van der Waals surface area contributed by atoms with Gasteiger partial charge in [-0.3, -0.25) is 4.90 Å². The Morgan fingerprint density at radius 3 is 3.08 bits per heavy atom. The molecule has 1 fully saturated rings. The van der Waals surface area contributed by atoms with Gasteiger partial charge in [0.25, 0.3) is 0 Å². The van der Waals surface area contributed by atoms with Crippen LogP contribution in [0.4, 0.5) is 0 Å². The molecule has 0 radical (unpaired) electrons. The second-order valence-corrected chi connectivity index (χ2v) is 7.25. The first-order valence-electron chi connectivity index (χ1n) is 9.43. The summed E-state index contributed by atoms with van der Waals surface area (Å²) in [5, 5.41) is 0. The molecule has 0 saturated carbocycles. The third kappa shape index (κ3) is 4.40. The van der Waals surface area contributed by atoms with Crippen molar-refractivity contribution in [2.24, 2.45) is 0 Å². The zero-order valence-corrected chi connectivity index (χ0v) is 15.4. The number of nitrogens with zero attached hydrogens (tertiary/aromatic N) is 1. The molecule has 0 amide bonds. The highest BCUT2D eigenvalue weighted by Crippen LogP contribution is 2.36. The summed E-state index contributed by atoms with van der Waals surface area (Å²) in [5.41, 5.74) is 4.15. The molecule has 134 valence electrons. The normalized spacial score (nSPS) is 23.8. The Morgan fingerprint density at radius 2 is 2.28 bits per heavy atom. The van der Waals surface area contributed by atoms with E-state index in [-0.39, 0.29) is 0 Å². The number of benzene rings is 1. The van der Waals surface area contributed by atoms with Crippen LogP contribution < -0.4 is 4.74 Å². The smallest absolute Gasteiger partial charge is 0.133 e. The summed E-state index contributed by atoms with van der Waals surface area (Å²) >= 11 is 0. The zero-order valence-electron chi connectivity index (χ0n) is 15.4. The lowest BCUT2D eigenvalue weighted by Gasteiger charge is -2.21. The van der Waals surface area contributed by atoms with E-state index in [2.05, 4.69) is 48.3 Å². The minimum atomic E-state index is 0.494. The lowest BCUT2D eigenvalue weighted by atomic mass is 9.93. The van der Waals surface area contributed by atoms with E-state index >= 15 is 0 Å². The minimum Gasteiger partial charge on any atom is -0.493 e. The Bertz CT molecular complexity index is 662. The van der Waals surface area contributed by atoms with Gasteiger partial charge in [-0.05, 0) is 56.2 Å². The van der Waals surface area contributed by atoms with Gasteiger partial charge in [0.1, 0.15) is 12.0 Å². The maximum Gasteiger partial charge on any atom is 0.133 e. The SMILES string of the molecule is C/C=C\C=C(/C)CCC1CC(c2ccc3c(c2)CCO3)CN1CC=O. The molecule has 0 aliphatic carbocycles. The first-order chi connectivity index (χ1) is 12.2. The Hall–Kier alpha value is -1.87. The zero-order chi connectivity index (χ0) is 17.6. The molecular formula is C22H29NO2. The minimum absolute atomic E-state index is 0.494. The number of carbonyl (C=O) groups excluding carboxylic acids is 1. The van der Waals surface area contributed by atoms with E-state index in [0.717, 1.165) is 50.9 Å². The molecule has 0 aromatic heterocycles. The second-order valence-electron chi connectivity index (χ2n) is 7.25. The van der Waals surface area contributed by atoms with Gasteiger partial charge in [-0.1, -0.05) is 35.9 Å². The number of rotatable bonds is 7. The summed E-state index contributed by atoms with van der Waals surface area (Å²) in [5.74, 6) is 1.57. The first kappa shape index (κ1) is 17.9. The third-order valence-corrected chi connectivity index (χ3v) is 5.47. The number of fused-ring (bicyclic) bond motifs is 1. The second kappa shape index (κ2) is 8.48. The number of likely N-dealkylation sites (tertiary alicyclic amines) is 1. The van der Waals surface area contributed by atoms with Crippen molar-refractivity contribution in [3.63, 3.8) is 0 Å². The predicted molar refractivity (Wildman–Crippen MR) is 102 cm³/mol. The third-order valence-electron chi connectivity index (χ3n) is 5.47. The van der Waals surface area contributed by atoms with E-state index in [1.807, 2.05) is 6.92 Å². The fourth-order valence-electron chi connectivity index (χ4n) is 4.04. The highest BCUT2D eigenvalue weighted by molar-refractivity contribution is 5.52. The van der Waals surface area contributed by atoms with Gasteiger partial charge in [-0.25, -0.2) is 0 Å². The number of hydrogen-bond acceptors (Lipinski definition) is 3. The van der Waals surface area contributed by atoms with Gasteiger partial charge in [-0.15, -0.1) is 0 Å². The van der Waals surface area contributed by atoms with Crippen molar-refractivity contribution in [2.45, 2.75) is 51.5 Å². The average molecular weight is 339 g/mol. The lowest BCUT2D eigenvalue weighted by Crippen LogP contribution is -2.31. The molecule has 2 heterocycles. The summed E-state index contributed by atoms with van der Waals surface area (Å²) in [6.45, 7) is 6.57. The standard InChI is InChI=1S/C22H29NO2/c1-3-4-5-17(2)6-8-21-15-20(16-23(21)11-12-24)18-7-9-22-19(14-18)10-13-25-22/h3-5,7,9,12,14,20-21H,6,8,10-11,13,15-16H2,1-2H3/b4-3-,17-5+. The summed E-state index contributed by atoms with van der Waals surface area (Å²) in [6, 6.07) is 7.16. The van der Waals surface area contributed by atoms with E-state index in [0.29, 0.717) is 18.5 Å². The molecule has 3 nitrogen and oxygen atoms in total. The van der Waals surface area contributed by atoms with Crippen LogP contribution in [0.3, 0.4) is 0 Å². The first-order valence-corrected chi connectivity index (χ1v) is 9.43. The largest absolute Gasteiger partial charge is 0.493 e. The topological polar surface area (TPSA) is 29.5 Å². The molecule has 2 unspecified atom stereocenters. The summed E-state index contributed by atoms with van der Waals surface area (Å²) in [7, 11) is 0. The fourth-order valence-corrected chi connectivity index (χ4v) is 4.04. The molecule has 0 N–H and O–H groups in total. The van der Waals surface area contributed by atoms with Gasteiger partial charge in [0.2, 0.25) is 0 Å². The molecular weight excluding hydrogens is 310 g/mol. The predicted octanol–water partition coefficient (Wildman–Crippen LogP) is 4.28. The summed E-state index contributed by atoms with van der Waals surface area (Å²) in [4.78, 5) is 13.5. The number of ether oxygens (including phenoxy) is 1. The Morgan fingerprint density at radius 1 is 1.40 bits per heavy atom. The van der Waals surface area contributed by atoms with E-state index in [9.17, 15) is 4.79 Å². The van der Waals surface area contributed by atoms with Gasteiger partial charge in [-0.2, -0.15) is 0 Å². The number of hydrogen-bond donors (Lipinski definition) is 0. The van der Waals surface area contributed by atoms with Crippen LogP contribution in [0.5, 0.6) is 5.75 Å². The van der Waals surface area contributed by atoms with Crippen molar-refractivity contribution in [1.82, 2.24) is 4.90 Å². The van der Waals surface area contributed by atoms with Crippen LogP contribution >= 0.6 is 0 Å². The quantitative estimate of drug-likeness (QED) is 0.548. The van der Waals surface area contributed by atoms with E-state index < -0.39 is 0 Å². The molecule has 1 aromatic rings. The lowest BCUT2D eigenvalue weighted by molar-refractivity contribution is -0.109. The molecule has 2 atom stereocenters. The van der Waals surface area contributed by atoms with Crippen molar-refractivity contribution in [3.05, 3.63) is 53.1 Å². The van der Waals surface area contributed by atoms with Crippen LogP contribution in [0.1, 0.15) is 50.2 Å². The van der Waals surface area contributed by atoms with Crippen molar-refractivity contribution in [3.8, 4) is 5.75 Å². The highest BCUT2D eigenvalue weighted by atomic mass is 16.5. The molecule has 2 aliphatic heterocycles. The molecule has 0 bridgehead atoms. The number of carbonyl (C=O) groups is 1. The maximum atomic E-state index is 11.1. The van der Waals surface area contributed by atoms with Crippen LogP contribution in [-0.4, -0.2) is 36.9 Å². The summed E-state index contributed by atoms with van der Waals surface area (Å²) < 4.78 is 5.63. The van der Waals surface area contributed by atoms with Crippen LogP contribution in [0.15, 0.2) is 42.0 Å². The van der Waals surface area contributed by atoms with Crippen molar-refractivity contribution in [1.29, 1.82) is 0 Å². The van der Waals surface area contributed by atoms with Crippen molar-refractivity contribution < 1.29 is 9.53 Å². The number of allylic oxidation sites excluding steroid dienone is 4. The van der Waals surface area contributed by atoms with Crippen molar-refractivity contribution in [2.75, 3.05) is 19.7 Å². The molecule has 1 aromatic carbocycles. The van der Waals surface area contributed by atoms with Crippen LogP contribution in [-0.2, 0) is 11.2 Å². The van der Waals surface area contributed by atoms with E-state index in [1.54, 1.807) is 0 Å². The van der Waals surface area contributed by atoms with E-state index in [1.165, 1.54) is 16.7 Å². The van der Waals surface area contributed by atoms with Gasteiger partial charge in [0, 0.05) is 19.0 Å². The molecule has 2 aliphatic rings. The fraction of sp³-hybridized carbons (Fsp3) is 0.500. The van der Waals surface area contributed by atoms with Gasteiger partial charge < -0.3 is 9.53 Å². The monoisotopic (exact) mass is 339 g/mol. The van der Waals surface area contributed by atoms with E-state index in [4.69, 9.17) is 4.74 Å². The Labute approximate surface area is 151 Å². The Balaban J connectivity index is 1.66. The van der Waals surface area contributed by atoms with Crippen LogP contribution in [0.2, 0.25) is 0 Å². The summed E-state index contributed by atoms with van der Waals surface area (Å²) in [6.07, 6.45) is 11.8. The average Bonchev–Trinajstić information content (AvgIpc) is 3.24. The molecule has 3 heteroatoms. The molecule has 1 saturated heterocycles. The number of aldehydes is 1. The van der Waals surface area contributed by atoms with Gasteiger partial charge in [0.15, 0.2) is 0 Å². The maximum absolute atomic E-state index is 11.1. The molecule has 0 spiro atoms. The highest BCUT2D eigenvalue weighted by Gasteiger charge is 2.32. The molecule has 25 heavy (non-hydrogen) atoms. The van der Waals surface area contributed by atoms with Gasteiger partial charge in [0.05, 0.1) is 13.2 Å². The molecule has 3 rings (SSSR count).